The Bertz CT molecular complexity index is 557. The fourth-order valence-electron chi connectivity index (χ4n) is 4.04. The van der Waals surface area contributed by atoms with E-state index >= 15 is 0 Å². The molecule has 3 aliphatic rings. The number of nitrogens with zero attached hydrogens (tertiary/aromatic N) is 1. The monoisotopic (exact) mass is 419 g/mol. The number of morpholine rings is 1. The molecule has 0 radical (unpaired) electrons. The molecule has 6 atom stereocenters. The highest BCUT2D eigenvalue weighted by atomic mass is 79.9. The molecule has 3 fully saturated rings. The molecular formula is C17H23BrClNO4. The van der Waals surface area contributed by atoms with Gasteiger partial charge in [0.05, 0.1) is 6.61 Å². The zero-order valence-electron chi connectivity index (χ0n) is 13.4. The van der Waals surface area contributed by atoms with Crippen LogP contribution in [0.1, 0.15) is 24.3 Å². The number of likely N-dealkylation sites (N-methyl/N-ethyl adjacent to an activating group) is 1. The summed E-state index contributed by atoms with van der Waals surface area (Å²) in [6.45, 7) is -0.226. The molecule has 1 aromatic rings. The molecule has 24 heavy (non-hydrogen) atoms. The van der Waals surface area contributed by atoms with Gasteiger partial charge in [-0.25, -0.2) is 0 Å². The molecule has 0 aromatic heterocycles. The minimum atomic E-state index is -0.593. The lowest BCUT2D eigenvalue weighted by molar-refractivity contribution is -0.156. The number of esters is 1. The van der Waals surface area contributed by atoms with Crippen LogP contribution in [0, 0.1) is 0 Å². The molecule has 1 N–H and O–H groups in total. The molecule has 3 saturated heterocycles. The molecule has 7 heteroatoms. The Labute approximate surface area is 158 Å². The number of hydrogen-bond donors (Lipinski definition) is 1. The first-order valence-corrected chi connectivity index (χ1v) is 7.92. The summed E-state index contributed by atoms with van der Waals surface area (Å²) >= 11 is 0. The van der Waals surface area contributed by atoms with Crippen molar-refractivity contribution in [3.8, 4) is 0 Å². The molecule has 1 unspecified atom stereocenters. The molecule has 3 aliphatic heterocycles. The topological polar surface area (TPSA) is 62.3 Å². The Morgan fingerprint density at radius 2 is 1.88 bits per heavy atom. The molecule has 2 bridgehead atoms. The second kappa shape index (κ2) is 7.70. The predicted molar refractivity (Wildman–Crippen MR) is 97.0 cm³/mol. The van der Waals surface area contributed by atoms with Gasteiger partial charge in [0, 0.05) is 24.9 Å². The summed E-state index contributed by atoms with van der Waals surface area (Å²) in [6, 6.07) is 10.1. The van der Waals surface area contributed by atoms with Gasteiger partial charge in [-0.05, 0) is 12.6 Å². The molecule has 0 spiro atoms. The van der Waals surface area contributed by atoms with E-state index in [1.54, 1.807) is 0 Å². The molecule has 4 rings (SSSR count). The maximum atomic E-state index is 12.4. The van der Waals surface area contributed by atoms with Crippen LogP contribution in [0.25, 0.3) is 0 Å². The third-order valence-electron chi connectivity index (χ3n) is 5.33. The summed E-state index contributed by atoms with van der Waals surface area (Å²) < 4.78 is 11.4. The average molecular weight is 421 g/mol. The van der Waals surface area contributed by atoms with Gasteiger partial charge in [-0.1, -0.05) is 30.3 Å². The number of benzene rings is 1. The molecular weight excluding hydrogens is 398 g/mol. The number of piperidine rings is 1. The fourth-order valence-corrected chi connectivity index (χ4v) is 4.04. The second-order valence-corrected chi connectivity index (χ2v) is 6.54. The number of rotatable bonds is 4. The Hall–Kier alpha value is -0.660. The number of carbonyl (C=O) groups is 1. The fraction of sp³-hybridized carbons (Fsp3) is 0.588. The second-order valence-electron chi connectivity index (χ2n) is 6.54. The molecule has 134 valence electrons. The Morgan fingerprint density at radius 1 is 1.29 bits per heavy atom. The van der Waals surface area contributed by atoms with Gasteiger partial charge in [0.25, 0.3) is 0 Å². The maximum absolute atomic E-state index is 12.4. The van der Waals surface area contributed by atoms with Crippen molar-refractivity contribution in [2.75, 3.05) is 13.7 Å². The highest BCUT2D eigenvalue weighted by Crippen LogP contribution is 2.48. The van der Waals surface area contributed by atoms with Crippen molar-refractivity contribution in [3.05, 3.63) is 35.9 Å². The summed E-state index contributed by atoms with van der Waals surface area (Å²) in [5.74, 6) is -0.915. The van der Waals surface area contributed by atoms with Crippen LogP contribution < -0.4 is 0 Å². The van der Waals surface area contributed by atoms with Crippen LogP contribution in [0.5, 0.6) is 0 Å². The maximum Gasteiger partial charge on any atom is 0.316 e. The first-order valence-electron chi connectivity index (χ1n) is 7.92. The molecule has 5 nitrogen and oxygen atoms in total. The summed E-state index contributed by atoms with van der Waals surface area (Å²) in [5, 5.41) is 9.56. The van der Waals surface area contributed by atoms with Crippen LogP contribution in [-0.4, -0.2) is 60.0 Å². The van der Waals surface area contributed by atoms with Crippen LogP contribution in [-0.2, 0) is 14.3 Å². The van der Waals surface area contributed by atoms with Crippen molar-refractivity contribution in [2.45, 2.75) is 49.2 Å². The van der Waals surface area contributed by atoms with Gasteiger partial charge in [-0.2, -0.15) is 0 Å². The molecule has 0 saturated carbocycles. The van der Waals surface area contributed by atoms with Gasteiger partial charge in [0.2, 0.25) is 0 Å². The lowest BCUT2D eigenvalue weighted by atomic mass is 9.97. The number of aliphatic hydroxyl groups excluding tert-OH is 1. The largest absolute Gasteiger partial charge is 0.462 e. The quantitative estimate of drug-likeness (QED) is 0.596. The number of carbonyl (C=O) groups excluding carboxylic acids is 1. The first-order chi connectivity index (χ1) is 10.7. The van der Waals surface area contributed by atoms with E-state index in [2.05, 4.69) is 11.9 Å². The number of ether oxygens (including phenoxy) is 2. The highest BCUT2D eigenvalue weighted by molar-refractivity contribution is 8.93. The standard InChI is InChI=1S/C17H21NO4.BrH.ClH/c1-18-13-7-11(8-14(18)16-15(13)22-16)21-17(20)12(9-19)10-5-3-2-4-6-10;;/h2-6,11-16,19H,7-9H2,1H3;2*1H/t11?,12-,13-,14+,15-,16+;;/m1../s1. The van der Waals surface area contributed by atoms with E-state index in [9.17, 15) is 9.90 Å². The van der Waals surface area contributed by atoms with E-state index < -0.39 is 5.92 Å². The summed E-state index contributed by atoms with van der Waals surface area (Å²) in [4.78, 5) is 14.8. The van der Waals surface area contributed by atoms with Crippen molar-refractivity contribution in [3.63, 3.8) is 0 Å². The van der Waals surface area contributed by atoms with Crippen molar-refractivity contribution in [1.82, 2.24) is 4.90 Å². The van der Waals surface area contributed by atoms with Crippen molar-refractivity contribution < 1.29 is 19.4 Å². The van der Waals surface area contributed by atoms with Crippen molar-refractivity contribution in [1.29, 1.82) is 0 Å². The van der Waals surface area contributed by atoms with Crippen LogP contribution in [0.2, 0.25) is 0 Å². The van der Waals surface area contributed by atoms with Crippen LogP contribution in [0.3, 0.4) is 0 Å². The summed E-state index contributed by atoms with van der Waals surface area (Å²) in [5.41, 5.74) is 0.803. The number of halogens is 2. The van der Waals surface area contributed by atoms with Crippen molar-refractivity contribution >= 4 is 35.4 Å². The number of aliphatic hydroxyl groups is 1. The zero-order chi connectivity index (χ0) is 15.3. The minimum absolute atomic E-state index is 0. The number of epoxide rings is 1. The average Bonchev–Trinajstić information content (AvgIpc) is 3.27. The van der Waals surface area contributed by atoms with E-state index in [0.717, 1.165) is 18.4 Å². The lowest BCUT2D eigenvalue weighted by Gasteiger charge is -2.38. The normalized spacial score (nSPS) is 34.3. The summed E-state index contributed by atoms with van der Waals surface area (Å²) in [6.07, 6.45) is 2.26. The van der Waals surface area contributed by atoms with Crippen molar-refractivity contribution in [2.24, 2.45) is 0 Å². The SMILES string of the molecule is Br.CN1[C@@H]2CC(OC(=O)[C@H](CO)c3ccccc3)C[C@H]1[C@@H]1O[C@@H]12.Cl. The molecule has 3 heterocycles. The molecule has 0 aliphatic carbocycles. The Kier molecular flexibility index (Phi) is 6.31. The van der Waals surface area contributed by atoms with E-state index in [1.165, 1.54) is 0 Å². The molecule has 0 amide bonds. The van der Waals surface area contributed by atoms with Gasteiger partial charge in [-0.15, -0.1) is 29.4 Å². The minimum Gasteiger partial charge on any atom is -0.462 e. The lowest BCUT2D eigenvalue weighted by Crippen LogP contribution is -2.48. The van der Waals surface area contributed by atoms with Gasteiger partial charge in [0.1, 0.15) is 24.2 Å². The van der Waals surface area contributed by atoms with Gasteiger partial charge < -0.3 is 14.6 Å². The Balaban J connectivity index is 0.00000104. The third-order valence-corrected chi connectivity index (χ3v) is 5.33. The Morgan fingerprint density at radius 3 is 2.42 bits per heavy atom. The van der Waals surface area contributed by atoms with Crippen LogP contribution >= 0.6 is 29.4 Å². The number of fused-ring (bicyclic) bond motifs is 5. The first kappa shape index (κ1) is 19.7. The van der Waals surface area contributed by atoms with Crippen LogP contribution in [0.15, 0.2) is 30.3 Å². The summed E-state index contributed by atoms with van der Waals surface area (Å²) in [7, 11) is 2.13. The smallest absolute Gasteiger partial charge is 0.316 e. The number of hydrogen-bond acceptors (Lipinski definition) is 5. The van der Waals surface area contributed by atoms with Gasteiger partial charge in [-0.3, -0.25) is 9.69 Å². The van der Waals surface area contributed by atoms with Gasteiger partial charge in [0.15, 0.2) is 0 Å². The molecule has 1 aromatic carbocycles. The van der Waals surface area contributed by atoms with E-state index in [1.807, 2.05) is 30.3 Å². The third kappa shape index (κ3) is 3.35. The van der Waals surface area contributed by atoms with E-state index in [4.69, 9.17) is 9.47 Å². The predicted octanol–water partition coefficient (Wildman–Crippen LogP) is 1.92. The highest BCUT2D eigenvalue weighted by Gasteiger charge is 2.62. The van der Waals surface area contributed by atoms with E-state index in [0.29, 0.717) is 24.3 Å². The van der Waals surface area contributed by atoms with Gasteiger partial charge >= 0.3 is 5.97 Å². The zero-order valence-corrected chi connectivity index (χ0v) is 15.9. The van der Waals surface area contributed by atoms with Crippen LogP contribution in [0.4, 0.5) is 0 Å². The van der Waals surface area contributed by atoms with E-state index in [-0.39, 0.29) is 48.1 Å².